The maximum Gasteiger partial charge on any atom is 0.182 e. The first-order valence-electron chi connectivity index (χ1n) is 5.44. The first kappa shape index (κ1) is 12.4. The molecule has 0 radical (unpaired) electrons. The maximum absolute atomic E-state index is 8.77. The number of aliphatic hydroxyl groups excluding tert-OH is 1. The van der Waals surface area contributed by atoms with E-state index in [-0.39, 0.29) is 6.61 Å². The van der Waals surface area contributed by atoms with Gasteiger partial charge in [-0.2, -0.15) is 5.26 Å². The lowest BCUT2D eigenvalue weighted by Gasteiger charge is -2.05. The summed E-state index contributed by atoms with van der Waals surface area (Å²) in [6.07, 6.45) is 7.02. The van der Waals surface area contributed by atoms with Gasteiger partial charge in [0.15, 0.2) is 11.5 Å². The molecule has 86 valence electrons. The van der Waals surface area contributed by atoms with E-state index in [1.54, 1.807) is 6.20 Å². The van der Waals surface area contributed by atoms with E-state index in [1.165, 1.54) is 6.20 Å². The van der Waals surface area contributed by atoms with Gasteiger partial charge < -0.3 is 10.4 Å². The fourth-order valence-electron chi connectivity index (χ4n) is 1.35. The highest BCUT2D eigenvalue weighted by Gasteiger charge is 2.01. The van der Waals surface area contributed by atoms with Gasteiger partial charge in [-0.25, -0.2) is 9.97 Å². The van der Waals surface area contributed by atoms with Gasteiger partial charge >= 0.3 is 0 Å². The minimum Gasteiger partial charge on any atom is -0.396 e. The van der Waals surface area contributed by atoms with Crippen molar-refractivity contribution < 1.29 is 5.11 Å². The van der Waals surface area contributed by atoms with Crippen LogP contribution in [-0.4, -0.2) is 28.2 Å². The van der Waals surface area contributed by atoms with Crippen LogP contribution < -0.4 is 5.32 Å². The van der Waals surface area contributed by atoms with Gasteiger partial charge in [-0.3, -0.25) is 0 Å². The molecule has 0 bridgehead atoms. The number of nitrogens with zero attached hydrogens (tertiary/aromatic N) is 3. The highest BCUT2D eigenvalue weighted by atomic mass is 16.2. The van der Waals surface area contributed by atoms with Gasteiger partial charge in [0.25, 0.3) is 0 Å². The second-order valence-electron chi connectivity index (χ2n) is 3.43. The molecule has 1 aromatic heterocycles. The Balaban J connectivity index is 2.24. The number of anilines is 1. The summed E-state index contributed by atoms with van der Waals surface area (Å²) in [4.78, 5) is 7.95. The third-order valence-corrected chi connectivity index (χ3v) is 2.18. The maximum atomic E-state index is 8.77. The number of rotatable bonds is 7. The van der Waals surface area contributed by atoms with Crippen molar-refractivity contribution in [3.63, 3.8) is 0 Å². The van der Waals surface area contributed by atoms with Gasteiger partial charge in [0.1, 0.15) is 6.07 Å². The Kier molecular flexibility index (Phi) is 5.89. The van der Waals surface area contributed by atoms with E-state index in [4.69, 9.17) is 10.4 Å². The predicted molar refractivity (Wildman–Crippen MR) is 60.8 cm³/mol. The molecule has 0 aromatic carbocycles. The quantitative estimate of drug-likeness (QED) is 0.677. The molecule has 0 saturated heterocycles. The Morgan fingerprint density at radius 1 is 1.19 bits per heavy atom. The first-order valence-corrected chi connectivity index (χ1v) is 5.44. The van der Waals surface area contributed by atoms with Crippen molar-refractivity contribution in [2.24, 2.45) is 0 Å². The summed E-state index contributed by atoms with van der Waals surface area (Å²) in [5.41, 5.74) is 0.331. The zero-order chi connectivity index (χ0) is 11.6. The van der Waals surface area contributed by atoms with Crippen molar-refractivity contribution >= 4 is 5.82 Å². The number of unbranched alkanes of at least 4 members (excludes halogenated alkanes) is 3. The molecule has 0 fully saturated rings. The summed E-state index contributed by atoms with van der Waals surface area (Å²) in [5.74, 6) is 0.548. The van der Waals surface area contributed by atoms with E-state index in [0.717, 1.165) is 32.2 Å². The van der Waals surface area contributed by atoms with Crippen molar-refractivity contribution in [1.29, 1.82) is 5.26 Å². The molecular formula is C11H16N4O. The molecule has 1 rings (SSSR count). The molecule has 0 aliphatic carbocycles. The average Bonchev–Trinajstić information content (AvgIpc) is 2.34. The lowest BCUT2D eigenvalue weighted by atomic mass is 10.2. The topological polar surface area (TPSA) is 81.8 Å². The lowest BCUT2D eigenvalue weighted by Crippen LogP contribution is -2.06. The Hall–Kier alpha value is -1.67. The monoisotopic (exact) mass is 220 g/mol. The number of hydrogen-bond acceptors (Lipinski definition) is 5. The molecule has 0 amide bonds. The highest BCUT2D eigenvalue weighted by Crippen LogP contribution is 2.07. The smallest absolute Gasteiger partial charge is 0.182 e. The van der Waals surface area contributed by atoms with Gasteiger partial charge in [0, 0.05) is 25.5 Å². The third kappa shape index (κ3) is 4.24. The van der Waals surface area contributed by atoms with Crippen LogP contribution in [-0.2, 0) is 0 Å². The second-order valence-corrected chi connectivity index (χ2v) is 3.43. The van der Waals surface area contributed by atoms with Crippen LogP contribution in [0.2, 0.25) is 0 Å². The van der Waals surface area contributed by atoms with E-state index < -0.39 is 0 Å². The zero-order valence-corrected chi connectivity index (χ0v) is 9.19. The van der Waals surface area contributed by atoms with E-state index >= 15 is 0 Å². The third-order valence-electron chi connectivity index (χ3n) is 2.18. The van der Waals surface area contributed by atoms with Crippen LogP contribution in [0.4, 0.5) is 5.82 Å². The van der Waals surface area contributed by atoms with Crippen LogP contribution >= 0.6 is 0 Å². The van der Waals surface area contributed by atoms with E-state index in [9.17, 15) is 0 Å². The van der Waals surface area contributed by atoms with Gasteiger partial charge in [0.05, 0.1) is 0 Å². The number of nitriles is 1. The van der Waals surface area contributed by atoms with Crippen LogP contribution in [0.3, 0.4) is 0 Å². The number of hydrogen-bond donors (Lipinski definition) is 2. The molecule has 5 nitrogen and oxygen atoms in total. The van der Waals surface area contributed by atoms with E-state index in [2.05, 4.69) is 15.3 Å². The van der Waals surface area contributed by atoms with Crippen molar-refractivity contribution in [2.45, 2.75) is 25.7 Å². The van der Waals surface area contributed by atoms with Gasteiger partial charge in [-0.1, -0.05) is 12.8 Å². The largest absolute Gasteiger partial charge is 0.396 e. The summed E-state index contributed by atoms with van der Waals surface area (Å²) < 4.78 is 0. The Bertz CT molecular complexity index is 348. The molecule has 0 aliphatic heterocycles. The fourth-order valence-corrected chi connectivity index (χ4v) is 1.35. The summed E-state index contributed by atoms with van der Waals surface area (Å²) >= 11 is 0. The Morgan fingerprint density at radius 2 is 1.94 bits per heavy atom. The molecule has 2 N–H and O–H groups in total. The average molecular weight is 220 g/mol. The van der Waals surface area contributed by atoms with Crippen molar-refractivity contribution in [2.75, 3.05) is 18.5 Å². The summed E-state index contributed by atoms with van der Waals surface area (Å²) in [5, 5.41) is 20.5. The molecule has 0 spiro atoms. The van der Waals surface area contributed by atoms with Gasteiger partial charge in [-0.15, -0.1) is 0 Å². The Morgan fingerprint density at radius 3 is 2.69 bits per heavy atom. The van der Waals surface area contributed by atoms with E-state index in [1.807, 2.05) is 6.07 Å². The molecule has 5 heteroatoms. The molecular weight excluding hydrogens is 204 g/mol. The molecule has 16 heavy (non-hydrogen) atoms. The fraction of sp³-hybridized carbons (Fsp3) is 0.545. The van der Waals surface area contributed by atoms with Crippen molar-refractivity contribution in [3.8, 4) is 6.07 Å². The number of aliphatic hydroxyl groups is 1. The van der Waals surface area contributed by atoms with Crippen molar-refractivity contribution in [3.05, 3.63) is 18.1 Å². The van der Waals surface area contributed by atoms with Crippen LogP contribution in [0.25, 0.3) is 0 Å². The summed E-state index contributed by atoms with van der Waals surface area (Å²) in [6, 6.07) is 1.99. The molecule has 0 atom stereocenters. The van der Waals surface area contributed by atoms with Crippen LogP contribution in [0.1, 0.15) is 31.4 Å². The molecule has 0 aliphatic rings. The predicted octanol–water partition coefficient (Wildman–Crippen LogP) is 1.31. The van der Waals surface area contributed by atoms with Crippen LogP contribution in [0.5, 0.6) is 0 Å². The molecule has 0 unspecified atom stereocenters. The Labute approximate surface area is 95.2 Å². The SMILES string of the molecule is N#Cc1nccnc1NCCCCCCO. The van der Waals surface area contributed by atoms with E-state index in [0.29, 0.717) is 11.5 Å². The van der Waals surface area contributed by atoms with Crippen LogP contribution in [0.15, 0.2) is 12.4 Å². The molecule has 0 saturated carbocycles. The first-order chi connectivity index (χ1) is 7.88. The normalized spacial score (nSPS) is 9.75. The summed E-state index contributed by atoms with van der Waals surface area (Å²) in [7, 11) is 0. The molecule has 1 heterocycles. The number of aromatic nitrogens is 2. The minimum atomic E-state index is 0.260. The lowest BCUT2D eigenvalue weighted by molar-refractivity contribution is 0.283. The second kappa shape index (κ2) is 7.60. The summed E-state index contributed by atoms with van der Waals surface area (Å²) in [6.45, 7) is 1.04. The van der Waals surface area contributed by atoms with Gasteiger partial charge in [0.2, 0.25) is 0 Å². The zero-order valence-electron chi connectivity index (χ0n) is 9.19. The number of nitrogens with one attached hydrogen (secondary N) is 1. The molecule has 1 aromatic rings. The van der Waals surface area contributed by atoms with Crippen molar-refractivity contribution in [1.82, 2.24) is 9.97 Å². The standard InChI is InChI=1S/C11H16N4O/c12-9-10-11(15-7-6-13-10)14-5-3-1-2-4-8-16/h6-7,16H,1-5,8H2,(H,14,15). The minimum absolute atomic E-state index is 0.260. The highest BCUT2D eigenvalue weighted by molar-refractivity contribution is 5.46. The van der Waals surface area contributed by atoms with Gasteiger partial charge in [-0.05, 0) is 12.8 Å². The van der Waals surface area contributed by atoms with Crippen LogP contribution in [0, 0.1) is 11.3 Å².